The Morgan fingerprint density at radius 1 is 1.28 bits per heavy atom. The van der Waals surface area contributed by atoms with Crippen LogP contribution < -0.4 is 0 Å². The van der Waals surface area contributed by atoms with Crippen LogP contribution in [-0.2, 0) is 0 Å². The molecule has 0 amide bonds. The third-order valence-corrected chi connectivity index (χ3v) is 7.99. The maximum Gasteiger partial charge on any atom is 0.0787 e. The van der Waals surface area contributed by atoms with E-state index in [0.717, 1.165) is 36.2 Å². The number of rotatable bonds is 3. The van der Waals surface area contributed by atoms with Crippen LogP contribution in [0.25, 0.3) is 0 Å². The lowest BCUT2D eigenvalue weighted by Crippen LogP contribution is -2.35. The topological polar surface area (TPSA) is 20.2 Å². The molecule has 1 heteroatoms. The maximum atomic E-state index is 10.2. The standard InChI is InChI=1S/C24H38O/c1-6-16(2)21-11-12-22-20(8-7-13-24(21,22)5)10-9-19-14-17(3)18(4)23(25)15-19/h9-10,16-17,21-23,25H,4,6-8,11-15H2,1-3,5H3/b19-9-,20-10+/t16?,17-,21-,22+,23?,24?/m1/s1. The van der Waals surface area contributed by atoms with Gasteiger partial charge in [-0.1, -0.05) is 64.0 Å². The predicted octanol–water partition coefficient (Wildman–Crippen LogP) is 6.45. The smallest absolute Gasteiger partial charge is 0.0787 e. The van der Waals surface area contributed by atoms with E-state index in [9.17, 15) is 5.11 Å². The van der Waals surface area contributed by atoms with Gasteiger partial charge in [-0.25, -0.2) is 0 Å². The second kappa shape index (κ2) is 7.43. The Hall–Kier alpha value is -0.820. The summed E-state index contributed by atoms with van der Waals surface area (Å²) in [4.78, 5) is 0. The van der Waals surface area contributed by atoms with E-state index in [2.05, 4.69) is 46.4 Å². The van der Waals surface area contributed by atoms with Gasteiger partial charge in [-0.05, 0) is 79.6 Å². The highest BCUT2D eigenvalue weighted by atomic mass is 16.3. The summed E-state index contributed by atoms with van der Waals surface area (Å²) in [5, 5.41) is 10.2. The Labute approximate surface area is 155 Å². The van der Waals surface area contributed by atoms with E-state index in [4.69, 9.17) is 0 Å². The van der Waals surface area contributed by atoms with Crippen LogP contribution in [0.3, 0.4) is 0 Å². The number of hydrogen-bond acceptors (Lipinski definition) is 1. The van der Waals surface area contributed by atoms with E-state index in [0.29, 0.717) is 11.3 Å². The minimum atomic E-state index is -0.341. The lowest BCUT2D eigenvalue weighted by molar-refractivity contribution is 0.0961. The summed E-state index contributed by atoms with van der Waals surface area (Å²) < 4.78 is 0. The summed E-state index contributed by atoms with van der Waals surface area (Å²) in [6.07, 6.45) is 14.5. The first-order chi connectivity index (χ1) is 11.9. The van der Waals surface area contributed by atoms with E-state index in [1.54, 1.807) is 5.57 Å². The minimum absolute atomic E-state index is 0.341. The van der Waals surface area contributed by atoms with Crippen molar-refractivity contribution in [3.8, 4) is 0 Å². The molecule has 6 atom stereocenters. The molecule has 3 aliphatic carbocycles. The monoisotopic (exact) mass is 342 g/mol. The highest BCUT2D eigenvalue weighted by Gasteiger charge is 2.50. The summed E-state index contributed by atoms with van der Waals surface area (Å²) in [6, 6.07) is 0. The summed E-state index contributed by atoms with van der Waals surface area (Å²) >= 11 is 0. The molecule has 1 nitrogen and oxygen atoms in total. The second-order valence-corrected chi connectivity index (χ2v) is 9.45. The largest absolute Gasteiger partial charge is 0.388 e. The number of hydrogen-bond donors (Lipinski definition) is 1. The minimum Gasteiger partial charge on any atom is -0.388 e. The van der Waals surface area contributed by atoms with Gasteiger partial charge in [0.1, 0.15) is 0 Å². The molecule has 0 saturated heterocycles. The summed E-state index contributed by atoms with van der Waals surface area (Å²) in [6.45, 7) is 13.7. The van der Waals surface area contributed by atoms with Crippen molar-refractivity contribution < 1.29 is 5.11 Å². The zero-order chi connectivity index (χ0) is 18.2. The van der Waals surface area contributed by atoms with E-state index >= 15 is 0 Å². The molecular formula is C24H38O. The first-order valence-electron chi connectivity index (χ1n) is 10.6. The zero-order valence-electron chi connectivity index (χ0n) is 16.9. The summed E-state index contributed by atoms with van der Waals surface area (Å²) in [5.41, 5.74) is 4.63. The van der Waals surface area contributed by atoms with Crippen LogP contribution in [0.4, 0.5) is 0 Å². The van der Waals surface area contributed by atoms with Crippen molar-refractivity contribution in [1.82, 2.24) is 0 Å². The molecule has 3 unspecified atom stereocenters. The van der Waals surface area contributed by atoms with Crippen molar-refractivity contribution in [3.63, 3.8) is 0 Å². The number of aliphatic hydroxyl groups excluding tert-OH is 1. The fourth-order valence-electron chi connectivity index (χ4n) is 6.18. The van der Waals surface area contributed by atoms with Crippen LogP contribution in [0.15, 0.2) is 35.5 Å². The average molecular weight is 343 g/mol. The first kappa shape index (κ1) is 19.0. The van der Waals surface area contributed by atoms with Gasteiger partial charge in [0, 0.05) is 0 Å². The molecule has 0 aromatic carbocycles. The van der Waals surface area contributed by atoms with Crippen LogP contribution in [0.2, 0.25) is 0 Å². The lowest BCUT2D eigenvalue weighted by atomic mass is 9.61. The van der Waals surface area contributed by atoms with Gasteiger partial charge in [0.15, 0.2) is 0 Å². The van der Waals surface area contributed by atoms with Gasteiger partial charge in [0.25, 0.3) is 0 Å². The Morgan fingerprint density at radius 2 is 2.04 bits per heavy atom. The van der Waals surface area contributed by atoms with E-state index < -0.39 is 0 Å². The van der Waals surface area contributed by atoms with Crippen molar-refractivity contribution in [2.24, 2.45) is 29.1 Å². The molecule has 0 aliphatic heterocycles. The molecule has 0 heterocycles. The molecule has 3 rings (SSSR count). The zero-order valence-corrected chi connectivity index (χ0v) is 16.9. The number of fused-ring (bicyclic) bond motifs is 1. The highest BCUT2D eigenvalue weighted by Crippen LogP contribution is 2.59. The molecule has 3 fully saturated rings. The quantitative estimate of drug-likeness (QED) is 0.584. The van der Waals surface area contributed by atoms with Gasteiger partial charge in [-0.15, -0.1) is 0 Å². The lowest BCUT2D eigenvalue weighted by Gasteiger charge is -2.44. The summed E-state index contributed by atoms with van der Waals surface area (Å²) in [5.74, 6) is 2.95. The normalized spacial score (nSPS) is 43.5. The van der Waals surface area contributed by atoms with Gasteiger partial charge in [-0.2, -0.15) is 0 Å². The van der Waals surface area contributed by atoms with Gasteiger partial charge < -0.3 is 5.11 Å². The SMILES string of the molecule is C=C1C(O)C/C(=C\C=C2/CCCC3(C)[C@@H](C(C)CC)CC[C@@H]23)C[C@H]1C. The molecule has 3 saturated carbocycles. The van der Waals surface area contributed by atoms with Crippen LogP contribution in [0.1, 0.15) is 79.1 Å². The Kier molecular flexibility index (Phi) is 5.63. The van der Waals surface area contributed by atoms with Crippen molar-refractivity contribution in [2.45, 2.75) is 85.2 Å². The van der Waals surface area contributed by atoms with E-state index in [1.165, 1.54) is 44.1 Å². The summed E-state index contributed by atoms with van der Waals surface area (Å²) in [7, 11) is 0. The fourth-order valence-corrected chi connectivity index (χ4v) is 6.18. The van der Waals surface area contributed by atoms with Crippen molar-refractivity contribution in [3.05, 3.63) is 35.5 Å². The van der Waals surface area contributed by atoms with Crippen LogP contribution in [0.5, 0.6) is 0 Å². The molecule has 1 N–H and O–H groups in total. The maximum absolute atomic E-state index is 10.2. The van der Waals surface area contributed by atoms with Crippen molar-refractivity contribution in [1.29, 1.82) is 0 Å². The van der Waals surface area contributed by atoms with Crippen molar-refractivity contribution >= 4 is 0 Å². The highest BCUT2D eigenvalue weighted by molar-refractivity contribution is 5.28. The Bertz CT molecular complexity index is 553. The molecule has 0 spiro atoms. The molecule has 3 aliphatic rings. The van der Waals surface area contributed by atoms with Crippen LogP contribution in [0, 0.1) is 29.1 Å². The molecule has 0 bridgehead atoms. The van der Waals surface area contributed by atoms with E-state index in [1.807, 2.05) is 0 Å². The second-order valence-electron chi connectivity index (χ2n) is 9.45. The molecule has 0 aromatic rings. The molecule has 140 valence electrons. The van der Waals surface area contributed by atoms with Gasteiger partial charge in [0.2, 0.25) is 0 Å². The van der Waals surface area contributed by atoms with Gasteiger partial charge in [-0.3, -0.25) is 0 Å². The fraction of sp³-hybridized carbons (Fsp3) is 0.750. The van der Waals surface area contributed by atoms with Gasteiger partial charge >= 0.3 is 0 Å². The van der Waals surface area contributed by atoms with E-state index in [-0.39, 0.29) is 6.10 Å². The van der Waals surface area contributed by atoms with Gasteiger partial charge in [0.05, 0.1) is 6.10 Å². The van der Waals surface area contributed by atoms with Crippen LogP contribution in [-0.4, -0.2) is 11.2 Å². The third kappa shape index (κ3) is 3.54. The molecule has 25 heavy (non-hydrogen) atoms. The molecule has 0 radical (unpaired) electrons. The Balaban J connectivity index is 1.78. The average Bonchev–Trinajstić information content (AvgIpc) is 2.94. The van der Waals surface area contributed by atoms with Crippen molar-refractivity contribution in [2.75, 3.05) is 0 Å². The predicted molar refractivity (Wildman–Crippen MR) is 107 cm³/mol. The number of aliphatic hydroxyl groups is 1. The molecular weight excluding hydrogens is 304 g/mol. The molecule has 0 aromatic heterocycles. The third-order valence-electron chi connectivity index (χ3n) is 7.99. The first-order valence-corrected chi connectivity index (χ1v) is 10.6. The van der Waals surface area contributed by atoms with Crippen LogP contribution >= 0.6 is 0 Å². The Morgan fingerprint density at radius 3 is 2.72 bits per heavy atom. The number of allylic oxidation sites excluding steroid dienone is 3.